The lowest BCUT2D eigenvalue weighted by molar-refractivity contribution is -0.139. The van der Waals surface area contributed by atoms with Crippen LogP contribution in [0.15, 0.2) is 30.3 Å². The van der Waals surface area contributed by atoms with Gasteiger partial charge < -0.3 is 4.90 Å². The highest BCUT2D eigenvalue weighted by Crippen LogP contribution is 2.26. The number of imide groups is 1. The Morgan fingerprint density at radius 2 is 1.83 bits per heavy atom. The minimum Gasteiger partial charge on any atom is -0.338 e. The number of nitrogens with zero attached hydrogens (tertiary/aromatic N) is 3. The number of hydrogen-bond donors (Lipinski definition) is 0. The molecular formula is C18H23N3O3. The standard InChI is InChI=1S/C18H23N3O3/c1-13-8-6-7-11-19(13)16(22)12-20-17(23)14(2)21(18(20)24)15-9-4-3-5-10-15/h3-5,9-10,13-14H,6-8,11-12H2,1-2H3/t13-,14-/m1/s1. The number of piperidine rings is 1. The summed E-state index contributed by atoms with van der Waals surface area (Å²) in [5.74, 6) is -0.465. The van der Waals surface area contributed by atoms with E-state index >= 15 is 0 Å². The lowest BCUT2D eigenvalue weighted by Crippen LogP contribution is -2.48. The summed E-state index contributed by atoms with van der Waals surface area (Å²) in [5.41, 5.74) is 0.671. The van der Waals surface area contributed by atoms with Crippen LogP contribution >= 0.6 is 0 Å². The number of anilines is 1. The maximum Gasteiger partial charge on any atom is 0.332 e. The Hall–Kier alpha value is -2.37. The van der Waals surface area contributed by atoms with E-state index in [9.17, 15) is 14.4 Å². The maximum absolute atomic E-state index is 12.7. The molecule has 0 bridgehead atoms. The van der Waals surface area contributed by atoms with E-state index in [4.69, 9.17) is 0 Å². The summed E-state index contributed by atoms with van der Waals surface area (Å²) in [6.45, 7) is 4.24. The number of hydrogen-bond acceptors (Lipinski definition) is 3. The van der Waals surface area contributed by atoms with Gasteiger partial charge in [-0.05, 0) is 45.2 Å². The number of amides is 4. The highest BCUT2D eigenvalue weighted by Gasteiger charge is 2.44. The Kier molecular flexibility index (Phi) is 4.55. The summed E-state index contributed by atoms with van der Waals surface area (Å²) >= 11 is 0. The summed E-state index contributed by atoms with van der Waals surface area (Å²) in [6.07, 6.45) is 3.07. The van der Waals surface area contributed by atoms with Crippen LogP contribution in [0.2, 0.25) is 0 Å². The van der Waals surface area contributed by atoms with E-state index in [1.807, 2.05) is 25.1 Å². The van der Waals surface area contributed by atoms with Crippen LogP contribution in [-0.4, -0.2) is 52.8 Å². The lowest BCUT2D eigenvalue weighted by atomic mass is 10.0. The van der Waals surface area contributed by atoms with Crippen LogP contribution in [-0.2, 0) is 9.59 Å². The molecule has 0 aliphatic carbocycles. The van der Waals surface area contributed by atoms with Crippen LogP contribution in [0.4, 0.5) is 10.5 Å². The van der Waals surface area contributed by atoms with Crippen molar-refractivity contribution < 1.29 is 14.4 Å². The molecule has 0 spiro atoms. The second-order valence-corrected chi connectivity index (χ2v) is 6.52. The van der Waals surface area contributed by atoms with Crippen molar-refractivity contribution in [2.24, 2.45) is 0 Å². The highest BCUT2D eigenvalue weighted by atomic mass is 16.2. The number of carbonyl (C=O) groups excluding carboxylic acids is 3. The average molecular weight is 329 g/mol. The summed E-state index contributed by atoms with van der Waals surface area (Å²) in [5, 5.41) is 0. The van der Waals surface area contributed by atoms with Gasteiger partial charge in [-0.3, -0.25) is 19.4 Å². The molecule has 128 valence electrons. The zero-order valence-electron chi connectivity index (χ0n) is 14.1. The lowest BCUT2D eigenvalue weighted by Gasteiger charge is -2.34. The van der Waals surface area contributed by atoms with Gasteiger partial charge in [-0.1, -0.05) is 18.2 Å². The van der Waals surface area contributed by atoms with Gasteiger partial charge in [-0.15, -0.1) is 0 Å². The zero-order chi connectivity index (χ0) is 17.3. The molecule has 1 aromatic rings. The number of rotatable bonds is 3. The molecule has 6 nitrogen and oxygen atoms in total. The molecule has 4 amide bonds. The van der Waals surface area contributed by atoms with Gasteiger partial charge in [-0.2, -0.15) is 0 Å². The summed E-state index contributed by atoms with van der Waals surface area (Å²) in [6, 6.07) is 8.24. The van der Waals surface area contributed by atoms with Gasteiger partial charge in [-0.25, -0.2) is 4.79 Å². The molecule has 1 aromatic carbocycles. The number of benzene rings is 1. The largest absolute Gasteiger partial charge is 0.338 e. The molecule has 0 radical (unpaired) electrons. The third-order valence-electron chi connectivity index (χ3n) is 4.90. The van der Waals surface area contributed by atoms with E-state index < -0.39 is 12.1 Å². The van der Waals surface area contributed by atoms with E-state index in [-0.39, 0.29) is 24.4 Å². The van der Waals surface area contributed by atoms with Crippen LogP contribution in [0.1, 0.15) is 33.1 Å². The fourth-order valence-corrected chi connectivity index (χ4v) is 3.49. The van der Waals surface area contributed by atoms with E-state index in [0.717, 1.165) is 24.2 Å². The van der Waals surface area contributed by atoms with Crippen molar-refractivity contribution in [3.05, 3.63) is 30.3 Å². The normalized spacial score (nSPS) is 24.7. The molecule has 2 aliphatic rings. The highest BCUT2D eigenvalue weighted by molar-refractivity contribution is 6.15. The zero-order valence-corrected chi connectivity index (χ0v) is 14.1. The molecule has 2 fully saturated rings. The van der Waals surface area contributed by atoms with E-state index in [0.29, 0.717) is 12.2 Å². The molecule has 0 unspecified atom stereocenters. The number of likely N-dealkylation sites (tertiary alicyclic amines) is 1. The Morgan fingerprint density at radius 3 is 2.50 bits per heavy atom. The second-order valence-electron chi connectivity index (χ2n) is 6.52. The molecule has 0 N–H and O–H groups in total. The van der Waals surface area contributed by atoms with Crippen LogP contribution in [0.3, 0.4) is 0 Å². The number of carbonyl (C=O) groups is 3. The first-order valence-corrected chi connectivity index (χ1v) is 8.50. The van der Waals surface area contributed by atoms with Gasteiger partial charge in [0.05, 0.1) is 0 Å². The van der Waals surface area contributed by atoms with Crippen LogP contribution in [0, 0.1) is 0 Å². The van der Waals surface area contributed by atoms with Crippen LogP contribution in [0.5, 0.6) is 0 Å². The number of para-hydroxylation sites is 1. The summed E-state index contributed by atoms with van der Waals surface area (Å²) in [4.78, 5) is 42.1. The Labute approximate surface area is 142 Å². The van der Waals surface area contributed by atoms with Gasteiger partial charge in [0.15, 0.2) is 0 Å². The van der Waals surface area contributed by atoms with Gasteiger partial charge >= 0.3 is 6.03 Å². The predicted molar refractivity (Wildman–Crippen MR) is 90.5 cm³/mol. The quantitative estimate of drug-likeness (QED) is 0.799. The maximum atomic E-state index is 12.7. The molecule has 2 saturated heterocycles. The Balaban J connectivity index is 1.75. The third kappa shape index (κ3) is 2.88. The van der Waals surface area contributed by atoms with Crippen LogP contribution < -0.4 is 4.90 Å². The van der Waals surface area contributed by atoms with Crippen molar-refractivity contribution in [3.8, 4) is 0 Å². The van der Waals surface area contributed by atoms with Crippen LogP contribution in [0.25, 0.3) is 0 Å². The molecule has 24 heavy (non-hydrogen) atoms. The predicted octanol–water partition coefficient (Wildman–Crippen LogP) is 2.24. The van der Waals surface area contributed by atoms with Crippen molar-refractivity contribution >= 4 is 23.5 Å². The molecule has 3 rings (SSSR count). The molecule has 0 saturated carbocycles. The minimum absolute atomic E-state index is 0.147. The summed E-state index contributed by atoms with van der Waals surface area (Å²) < 4.78 is 0. The summed E-state index contributed by atoms with van der Waals surface area (Å²) in [7, 11) is 0. The monoisotopic (exact) mass is 329 g/mol. The smallest absolute Gasteiger partial charge is 0.332 e. The fraction of sp³-hybridized carbons (Fsp3) is 0.500. The molecule has 2 heterocycles. The Morgan fingerprint density at radius 1 is 1.12 bits per heavy atom. The van der Waals surface area contributed by atoms with Gasteiger partial charge in [0, 0.05) is 18.3 Å². The van der Waals surface area contributed by atoms with E-state index in [1.165, 1.54) is 4.90 Å². The van der Waals surface area contributed by atoms with Crippen molar-refractivity contribution in [1.82, 2.24) is 9.80 Å². The van der Waals surface area contributed by atoms with Gasteiger partial charge in [0.25, 0.3) is 5.91 Å². The minimum atomic E-state index is -0.591. The van der Waals surface area contributed by atoms with Gasteiger partial charge in [0.2, 0.25) is 5.91 Å². The van der Waals surface area contributed by atoms with Crippen molar-refractivity contribution in [3.63, 3.8) is 0 Å². The topological polar surface area (TPSA) is 60.9 Å². The average Bonchev–Trinajstić information content (AvgIpc) is 2.79. The van der Waals surface area contributed by atoms with Crippen molar-refractivity contribution in [2.75, 3.05) is 18.0 Å². The first-order valence-electron chi connectivity index (χ1n) is 8.50. The molecule has 6 heteroatoms. The van der Waals surface area contributed by atoms with Gasteiger partial charge in [0.1, 0.15) is 12.6 Å². The first kappa shape index (κ1) is 16.5. The van der Waals surface area contributed by atoms with Crippen molar-refractivity contribution in [1.29, 1.82) is 0 Å². The van der Waals surface area contributed by atoms with Crippen molar-refractivity contribution in [2.45, 2.75) is 45.2 Å². The second kappa shape index (κ2) is 6.63. The molecule has 2 aliphatic heterocycles. The van der Waals surface area contributed by atoms with E-state index in [1.54, 1.807) is 24.0 Å². The Bertz CT molecular complexity index is 646. The SMILES string of the molecule is C[C@@H]1CCCCN1C(=O)CN1C(=O)[C@@H](C)N(c2ccccc2)C1=O. The molecular weight excluding hydrogens is 306 g/mol. The molecule has 0 aromatic heterocycles. The third-order valence-corrected chi connectivity index (χ3v) is 4.90. The van der Waals surface area contributed by atoms with E-state index in [2.05, 4.69) is 0 Å². The number of urea groups is 1. The first-order chi connectivity index (χ1) is 11.5. The fourth-order valence-electron chi connectivity index (χ4n) is 3.49. The molecule has 2 atom stereocenters.